The average Bonchev–Trinajstić information content (AvgIpc) is 2.59. The second-order valence-corrected chi connectivity index (χ2v) is 9.58. The van der Waals surface area contributed by atoms with Gasteiger partial charge < -0.3 is 4.74 Å². The molecule has 0 fully saturated rings. The first kappa shape index (κ1) is 22.6. The van der Waals surface area contributed by atoms with Crippen LogP contribution in [0.4, 0.5) is 0 Å². The second kappa shape index (κ2) is 8.94. The minimum absolute atomic E-state index is 0.00790. The molecular weight excluding hydrogens is 380 g/mol. The zero-order valence-electron chi connectivity index (χ0n) is 15.6. The fraction of sp³-hybridized carbons (Fsp3) is 0.562. The van der Waals surface area contributed by atoms with E-state index >= 15 is 0 Å². The maximum absolute atomic E-state index is 12.5. The second-order valence-electron chi connectivity index (χ2n) is 5.93. The van der Waals surface area contributed by atoms with Crippen LogP contribution < -0.4 is 4.72 Å². The summed E-state index contributed by atoms with van der Waals surface area (Å²) in [5.74, 6) is -1.01. The highest BCUT2D eigenvalue weighted by molar-refractivity contribution is 7.89. The first-order valence-corrected chi connectivity index (χ1v) is 11.1. The number of benzene rings is 1. The molecular formula is C16H26N2O6S2. The van der Waals surface area contributed by atoms with Crippen LogP contribution in [-0.2, 0) is 29.6 Å². The Balaban J connectivity index is 3.16. The number of hydrogen-bond acceptors (Lipinski definition) is 6. The van der Waals surface area contributed by atoms with Gasteiger partial charge in [0.1, 0.15) is 6.04 Å². The predicted molar refractivity (Wildman–Crippen MR) is 97.5 cm³/mol. The van der Waals surface area contributed by atoms with Crippen LogP contribution >= 0.6 is 0 Å². The Morgan fingerprint density at radius 3 is 1.88 bits per heavy atom. The van der Waals surface area contributed by atoms with Crippen LogP contribution in [0.2, 0.25) is 0 Å². The van der Waals surface area contributed by atoms with E-state index in [0.717, 1.165) is 0 Å². The van der Waals surface area contributed by atoms with Crippen molar-refractivity contribution in [2.24, 2.45) is 5.92 Å². The van der Waals surface area contributed by atoms with Gasteiger partial charge in [-0.3, -0.25) is 4.79 Å². The Kier molecular flexibility index (Phi) is 7.75. The quantitative estimate of drug-likeness (QED) is 0.617. The molecule has 0 bridgehead atoms. The fourth-order valence-corrected chi connectivity index (χ4v) is 5.11. The van der Waals surface area contributed by atoms with Gasteiger partial charge in [0.25, 0.3) is 0 Å². The largest absolute Gasteiger partial charge is 0.468 e. The van der Waals surface area contributed by atoms with Crippen molar-refractivity contribution in [3.63, 3.8) is 0 Å². The highest BCUT2D eigenvalue weighted by atomic mass is 32.2. The molecule has 8 nitrogen and oxygen atoms in total. The lowest BCUT2D eigenvalue weighted by Crippen LogP contribution is -2.44. The molecule has 0 aromatic heterocycles. The lowest BCUT2D eigenvalue weighted by Gasteiger charge is -2.20. The molecule has 10 heteroatoms. The van der Waals surface area contributed by atoms with E-state index in [2.05, 4.69) is 9.46 Å². The first-order valence-electron chi connectivity index (χ1n) is 8.21. The van der Waals surface area contributed by atoms with Gasteiger partial charge in [-0.25, -0.2) is 16.8 Å². The number of sulfonamides is 2. The summed E-state index contributed by atoms with van der Waals surface area (Å²) >= 11 is 0. The van der Waals surface area contributed by atoms with Gasteiger partial charge in [0.05, 0.1) is 16.9 Å². The molecule has 26 heavy (non-hydrogen) atoms. The molecule has 1 atom stereocenters. The molecule has 0 heterocycles. The minimum Gasteiger partial charge on any atom is -0.468 e. The van der Waals surface area contributed by atoms with Gasteiger partial charge in [-0.1, -0.05) is 27.7 Å². The molecule has 1 N–H and O–H groups in total. The Morgan fingerprint density at radius 1 is 1.04 bits per heavy atom. The van der Waals surface area contributed by atoms with Gasteiger partial charge in [0.15, 0.2) is 0 Å². The summed E-state index contributed by atoms with van der Waals surface area (Å²) in [6.45, 7) is 7.45. The highest BCUT2D eigenvalue weighted by Crippen LogP contribution is 2.19. The number of methoxy groups -OCH3 is 1. The Morgan fingerprint density at radius 2 is 1.50 bits per heavy atom. The molecule has 0 saturated carbocycles. The summed E-state index contributed by atoms with van der Waals surface area (Å²) in [6, 6.07) is 3.85. The first-order chi connectivity index (χ1) is 12.0. The number of carbonyl (C=O) groups excluding carboxylic acids is 1. The van der Waals surface area contributed by atoms with Crippen LogP contribution in [0, 0.1) is 5.92 Å². The van der Waals surface area contributed by atoms with E-state index in [1.807, 2.05) is 0 Å². The SMILES string of the molecule is CCN(CC)S(=O)(=O)c1ccc(S(=O)(=O)N[C@@H](C(=O)OC)C(C)C)cc1. The Labute approximate surface area is 155 Å². The topological polar surface area (TPSA) is 110 Å². The third-order valence-corrected chi connectivity index (χ3v) is 7.40. The van der Waals surface area contributed by atoms with Crippen LogP contribution in [-0.4, -0.2) is 53.4 Å². The van der Waals surface area contributed by atoms with Gasteiger partial charge >= 0.3 is 5.97 Å². The number of hydrogen-bond donors (Lipinski definition) is 1. The smallest absolute Gasteiger partial charge is 0.324 e. The summed E-state index contributed by atoms with van der Waals surface area (Å²) in [5.41, 5.74) is 0. The maximum atomic E-state index is 12.5. The summed E-state index contributed by atoms with van der Waals surface area (Å²) in [4.78, 5) is 11.6. The van der Waals surface area contributed by atoms with E-state index < -0.39 is 32.1 Å². The zero-order valence-corrected chi connectivity index (χ0v) is 17.2. The average molecular weight is 407 g/mol. The van der Waals surface area contributed by atoms with Crippen LogP contribution in [0.5, 0.6) is 0 Å². The highest BCUT2D eigenvalue weighted by Gasteiger charge is 2.29. The molecule has 0 unspecified atom stereocenters. The number of ether oxygens (including phenoxy) is 1. The molecule has 0 aliphatic rings. The van der Waals surface area contributed by atoms with Crippen molar-refractivity contribution < 1.29 is 26.4 Å². The van der Waals surface area contributed by atoms with Crippen molar-refractivity contribution in [1.29, 1.82) is 0 Å². The van der Waals surface area contributed by atoms with Crippen molar-refractivity contribution >= 4 is 26.0 Å². The summed E-state index contributed by atoms with van der Waals surface area (Å²) in [7, 11) is -6.51. The summed E-state index contributed by atoms with van der Waals surface area (Å²) < 4.78 is 58.1. The van der Waals surface area contributed by atoms with E-state index in [-0.39, 0.29) is 15.7 Å². The van der Waals surface area contributed by atoms with Crippen molar-refractivity contribution in [3.05, 3.63) is 24.3 Å². The van der Waals surface area contributed by atoms with E-state index in [4.69, 9.17) is 0 Å². The third-order valence-electron chi connectivity index (χ3n) is 3.88. The molecule has 1 aromatic rings. The zero-order chi connectivity index (χ0) is 20.1. The van der Waals surface area contributed by atoms with Crippen molar-refractivity contribution in [2.45, 2.75) is 43.5 Å². The van der Waals surface area contributed by atoms with Gasteiger partial charge in [-0.2, -0.15) is 9.03 Å². The molecule has 0 saturated heterocycles. The number of carbonyl (C=O) groups is 1. The Hall–Kier alpha value is -1.49. The van der Waals surface area contributed by atoms with Gasteiger partial charge in [-0.05, 0) is 30.2 Å². The molecule has 0 radical (unpaired) electrons. The molecule has 148 valence electrons. The molecule has 1 rings (SSSR count). The number of nitrogens with one attached hydrogen (secondary N) is 1. The van der Waals surface area contributed by atoms with E-state index in [0.29, 0.717) is 13.1 Å². The lowest BCUT2D eigenvalue weighted by atomic mass is 10.1. The lowest BCUT2D eigenvalue weighted by molar-refractivity contribution is -0.143. The van der Waals surface area contributed by atoms with E-state index in [1.165, 1.54) is 35.7 Å². The van der Waals surface area contributed by atoms with Gasteiger partial charge in [0, 0.05) is 13.1 Å². The normalized spacial score (nSPS) is 13.8. The fourth-order valence-electron chi connectivity index (χ4n) is 2.32. The third kappa shape index (κ3) is 5.03. The maximum Gasteiger partial charge on any atom is 0.324 e. The van der Waals surface area contributed by atoms with E-state index in [9.17, 15) is 21.6 Å². The molecule has 0 aliphatic carbocycles. The standard InChI is InChI=1S/C16H26N2O6S2/c1-6-18(7-2)26(22,23)14-10-8-13(9-11-14)25(20,21)17-15(12(3)4)16(19)24-5/h8-12,15,17H,6-7H2,1-5H3/t15-/m1/s1. The van der Waals surface area contributed by atoms with E-state index in [1.54, 1.807) is 27.7 Å². The minimum atomic E-state index is -4.01. The number of nitrogens with zero attached hydrogens (tertiary/aromatic N) is 1. The molecule has 0 spiro atoms. The molecule has 1 aromatic carbocycles. The summed E-state index contributed by atoms with van der Waals surface area (Å²) in [6.07, 6.45) is 0. The van der Waals surface area contributed by atoms with Crippen LogP contribution in [0.3, 0.4) is 0 Å². The van der Waals surface area contributed by atoms with Crippen LogP contribution in [0.1, 0.15) is 27.7 Å². The van der Waals surface area contributed by atoms with Gasteiger partial charge in [-0.15, -0.1) is 0 Å². The number of rotatable bonds is 9. The van der Waals surface area contributed by atoms with Crippen LogP contribution in [0.15, 0.2) is 34.1 Å². The number of esters is 1. The Bertz CT molecular complexity index is 813. The van der Waals surface area contributed by atoms with Crippen molar-refractivity contribution in [3.8, 4) is 0 Å². The molecule has 0 amide bonds. The van der Waals surface area contributed by atoms with Crippen LogP contribution in [0.25, 0.3) is 0 Å². The van der Waals surface area contributed by atoms with Crippen molar-refractivity contribution in [2.75, 3.05) is 20.2 Å². The predicted octanol–water partition coefficient (Wildman–Crippen LogP) is 1.19. The molecule has 0 aliphatic heterocycles. The summed E-state index contributed by atoms with van der Waals surface area (Å²) in [5, 5.41) is 0. The monoisotopic (exact) mass is 406 g/mol. The van der Waals surface area contributed by atoms with Crippen molar-refractivity contribution in [1.82, 2.24) is 9.03 Å². The van der Waals surface area contributed by atoms with Gasteiger partial charge in [0.2, 0.25) is 20.0 Å².